The molecule has 0 unspecified atom stereocenters. The summed E-state index contributed by atoms with van der Waals surface area (Å²) in [5.41, 5.74) is -0.704. The van der Waals surface area contributed by atoms with E-state index in [0.717, 1.165) is 44.5 Å². The molecule has 9 nitrogen and oxygen atoms in total. The minimum absolute atomic E-state index is 0.0901. The van der Waals surface area contributed by atoms with Crippen molar-refractivity contribution >= 4 is 12.0 Å². The second-order valence-electron chi connectivity index (χ2n) is 10.6. The maximum atomic E-state index is 12.8. The van der Waals surface area contributed by atoms with Crippen molar-refractivity contribution in [3.8, 4) is 0 Å². The van der Waals surface area contributed by atoms with Crippen molar-refractivity contribution in [3.05, 3.63) is 47.6 Å². The van der Waals surface area contributed by atoms with Gasteiger partial charge in [0.25, 0.3) is 5.91 Å². The van der Waals surface area contributed by atoms with Gasteiger partial charge in [-0.3, -0.25) is 9.69 Å². The number of rotatable bonds is 8. The van der Waals surface area contributed by atoms with Gasteiger partial charge in [-0.25, -0.2) is 4.79 Å². The van der Waals surface area contributed by atoms with E-state index < -0.39 is 17.2 Å². The number of nitrogens with zero attached hydrogens (tertiary/aromatic N) is 4. The number of likely N-dealkylation sites (tertiary alicyclic amines) is 1. The quantitative estimate of drug-likeness (QED) is 0.593. The van der Waals surface area contributed by atoms with Crippen molar-refractivity contribution < 1.29 is 18.8 Å². The smallest absolute Gasteiger partial charge is 0.408 e. The molecule has 3 rings (SSSR count). The third-order valence-corrected chi connectivity index (χ3v) is 5.98. The first-order valence-electron chi connectivity index (χ1n) is 12.4. The highest BCUT2D eigenvalue weighted by atomic mass is 16.6. The van der Waals surface area contributed by atoms with Gasteiger partial charge in [0.2, 0.25) is 5.89 Å². The zero-order valence-corrected chi connectivity index (χ0v) is 21.8. The molecule has 1 aliphatic rings. The number of carbonyl (C=O) groups is 2. The molecule has 0 atom stereocenters. The number of amides is 2. The number of carbonyl (C=O) groups excluding carboxylic acids is 2. The molecule has 1 aromatic carbocycles. The lowest BCUT2D eigenvalue weighted by Crippen LogP contribution is -2.46. The average Bonchev–Trinajstić information content (AvgIpc) is 3.27. The monoisotopic (exact) mass is 485 g/mol. The molecule has 2 amide bonds. The molecule has 1 aliphatic heterocycles. The molecule has 0 saturated carbocycles. The maximum absolute atomic E-state index is 12.8. The lowest BCUT2D eigenvalue weighted by molar-refractivity contribution is 0.0464. The second-order valence-corrected chi connectivity index (χ2v) is 10.6. The largest absolute Gasteiger partial charge is 0.444 e. The van der Waals surface area contributed by atoms with Crippen LogP contribution in [0.5, 0.6) is 0 Å². The third-order valence-electron chi connectivity index (χ3n) is 5.98. The number of hydrogen-bond acceptors (Lipinski definition) is 7. The minimum Gasteiger partial charge on any atom is -0.444 e. The molecule has 0 bridgehead atoms. The first-order valence-corrected chi connectivity index (χ1v) is 12.4. The van der Waals surface area contributed by atoms with Crippen molar-refractivity contribution in [1.29, 1.82) is 0 Å². The molecule has 2 heterocycles. The lowest BCUT2D eigenvalue weighted by Gasteiger charge is -2.38. The van der Waals surface area contributed by atoms with E-state index in [2.05, 4.69) is 27.3 Å². The third kappa shape index (κ3) is 7.52. The summed E-state index contributed by atoms with van der Waals surface area (Å²) in [5, 5.41) is 6.94. The molecule has 1 saturated heterocycles. The predicted octanol–water partition coefficient (Wildman–Crippen LogP) is 4.35. The number of benzene rings is 1. The van der Waals surface area contributed by atoms with Crippen LogP contribution in [0.1, 0.15) is 82.9 Å². The van der Waals surface area contributed by atoms with Crippen LogP contribution in [0, 0.1) is 0 Å². The SMILES string of the molecule is CCCN(Cc1nc(C(C)(C)NC(=O)OC(C)(C)C)no1)C1CCN(C(=O)c2ccccc2)CC1. The van der Waals surface area contributed by atoms with Gasteiger partial charge < -0.3 is 19.5 Å². The fraction of sp³-hybridized carbons (Fsp3) is 0.615. The Kier molecular flexibility index (Phi) is 8.53. The van der Waals surface area contributed by atoms with E-state index in [-0.39, 0.29) is 5.91 Å². The molecule has 1 fully saturated rings. The predicted molar refractivity (Wildman–Crippen MR) is 133 cm³/mol. The van der Waals surface area contributed by atoms with E-state index >= 15 is 0 Å². The molecule has 9 heteroatoms. The molecule has 0 spiro atoms. The molecule has 2 aromatic rings. The van der Waals surface area contributed by atoms with Gasteiger partial charge in [0.1, 0.15) is 11.1 Å². The van der Waals surface area contributed by atoms with Gasteiger partial charge in [-0.2, -0.15) is 4.98 Å². The fourth-order valence-electron chi connectivity index (χ4n) is 4.24. The number of alkyl carbamates (subject to hydrolysis) is 1. The Balaban J connectivity index is 1.59. The van der Waals surface area contributed by atoms with Crippen LogP contribution in [-0.4, -0.2) is 63.2 Å². The number of aromatic nitrogens is 2. The van der Waals surface area contributed by atoms with E-state index in [9.17, 15) is 9.59 Å². The standard InChI is InChI=1S/C26H39N5O4/c1-7-15-31(20-13-16-30(17-14-20)22(32)19-11-9-8-10-12-19)18-21-27-23(29-35-21)26(5,6)28-24(33)34-25(2,3)4/h8-12,20H,7,13-18H2,1-6H3,(H,28,33). The molecule has 1 aromatic heterocycles. The van der Waals surface area contributed by atoms with Gasteiger partial charge in [0.15, 0.2) is 5.82 Å². The Hall–Kier alpha value is -2.94. The molecular formula is C26H39N5O4. The Morgan fingerprint density at radius 2 is 1.80 bits per heavy atom. The molecule has 192 valence electrons. The van der Waals surface area contributed by atoms with Gasteiger partial charge in [0.05, 0.1) is 6.54 Å². The summed E-state index contributed by atoms with van der Waals surface area (Å²) in [6, 6.07) is 9.77. The van der Waals surface area contributed by atoms with Crippen molar-refractivity contribution in [3.63, 3.8) is 0 Å². The number of ether oxygens (including phenoxy) is 1. The molecule has 0 radical (unpaired) electrons. The van der Waals surface area contributed by atoms with Crippen molar-refractivity contribution in [2.45, 2.75) is 84.5 Å². The summed E-state index contributed by atoms with van der Waals surface area (Å²) < 4.78 is 10.9. The van der Waals surface area contributed by atoms with E-state index in [1.807, 2.05) is 69.9 Å². The summed E-state index contributed by atoms with van der Waals surface area (Å²) in [5.74, 6) is 1.00. The molecule has 1 N–H and O–H groups in total. The Labute approximate surface area is 208 Å². The highest BCUT2D eigenvalue weighted by Crippen LogP contribution is 2.23. The topological polar surface area (TPSA) is 101 Å². The first-order chi connectivity index (χ1) is 16.5. The van der Waals surface area contributed by atoms with Gasteiger partial charge >= 0.3 is 6.09 Å². The average molecular weight is 486 g/mol. The Morgan fingerprint density at radius 3 is 2.40 bits per heavy atom. The highest BCUT2D eigenvalue weighted by molar-refractivity contribution is 5.94. The van der Waals surface area contributed by atoms with Crippen LogP contribution < -0.4 is 5.32 Å². The summed E-state index contributed by atoms with van der Waals surface area (Å²) in [4.78, 5) is 33.9. The minimum atomic E-state index is -0.844. The van der Waals surface area contributed by atoms with Crippen LogP contribution in [0.4, 0.5) is 4.79 Å². The van der Waals surface area contributed by atoms with Crippen molar-refractivity contribution in [2.24, 2.45) is 0 Å². The number of nitrogens with one attached hydrogen (secondary N) is 1. The van der Waals surface area contributed by atoms with Crippen LogP contribution >= 0.6 is 0 Å². The van der Waals surface area contributed by atoms with Gasteiger partial charge in [-0.05, 0) is 72.6 Å². The lowest BCUT2D eigenvalue weighted by atomic mass is 10.0. The van der Waals surface area contributed by atoms with E-state index in [4.69, 9.17) is 9.26 Å². The first kappa shape index (κ1) is 26.7. The van der Waals surface area contributed by atoms with Crippen LogP contribution in [0.15, 0.2) is 34.9 Å². The maximum Gasteiger partial charge on any atom is 0.408 e. The van der Waals surface area contributed by atoms with Crippen LogP contribution in [0.3, 0.4) is 0 Å². The zero-order chi connectivity index (χ0) is 25.6. The van der Waals surface area contributed by atoms with Gasteiger partial charge in [-0.15, -0.1) is 0 Å². The summed E-state index contributed by atoms with van der Waals surface area (Å²) >= 11 is 0. The molecular weight excluding hydrogens is 446 g/mol. The van der Waals surface area contributed by atoms with E-state index in [1.54, 1.807) is 0 Å². The fourth-order valence-corrected chi connectivity index (χ4v) is 4.24. The van der Waals surface area contributed by atoms with Gasteiger partial charge in [0, 0.05) is 24.7 Å². The zero-order valence-electron chi connectivity index (χ0n) is 21.8. The van der Waals surface area contributed by atoms with Crippen molar-refractivity contribution in [1.82, 2.24) is 25.3 Å². The molecule has 35 heavy (non-hydrogen) atoms. The number of hydrogen-bond donors (Lipinski definition) is 1. The van der Waals surface area contributed by atoms with Crippen molar-refractivity contribution in [2.75, 3.05) is 19.6 Å². The Bertz CT molecular complexity index is 975. The van der Waals surface area contributed by atoms with E-state index in [0.29, 0.717) is 24.3 Å². The van der Waals surface area contributed by atoms with Crippen LogP contribution in [-0.2, 0) is 16.8 Å². The number of piperidine rings is 1. The summed E-state index contributed by atoms with van der Waals surface area (Å²) in [7, 11) is 0. The van der Waals surface area contributed by atoms with Gasteiger partial charge in [-0.1, -0.05) is 30.3 Å². The van der Waals surface area contributed by atoms with Crippen LogP contribution in [0.2, 0.25) is 0 Å². The normalized spacial score (nSPS) is 15.3. The highest BCUT2D eigenvalue weighted by Gasteiger charge is 2.32. The van der Waals surface area contributed by atoms with E-state index in [1.165, 1.54) is 0 Å². The van der Waals surface area contributed by atoms with Crippen LogP contribution in [0.25, 0.3) is 0 Å². The summed E-state index contributed by atoms with van der Waals surface area (Å²) in [6.45, 7) is 14.1. The summed E-state index contributed by atoms with van der Waals surface area (Å²) in [6.07, 6.45) is 2.25. The Morgan fingerprint density at radius 1 is 1.14 bits per heavy atom. The second kappa shape index (κ2) is 11.2. The molecule has 0 aliphatic carbocycles.